The maximum atomic E-state index is 12.9. The predicted molar refractivity (Wildman–Crippen MR) is 89.8 cm³/mol. The van der Waals surface area contributed by atoms with E-state index in [0.717, 1.165) is 19.9 Å². The minimum atomic E-state index is -4.48. The van der Waals surface area contributed by atoms with Gasteiger partial charge in [0, 0.05) is 13.1 Å². The summed E-state index contributed by atoms with van der Waals surface area (Å²) in [5, 5.41) is 7.86. The lowest BCUT2D eigenvalue weighted by Gasteiger charge is -2.27. The Morgan fingerprint density at radius 1 is 1.16 bits per heavy atom. The van der Waals surface area contributed by atoms with E-state index in [1.54, 1.807) is 11.3 Å². The molecule has 25 heavy (non-hydrogen) atoms. The number of para-hydroxylation sites is 1. The molecule has 1 aliphatic rings. The topological polar surface area (TPSA) is 46.8 Å². The minimum absolute atomic E-state index is 0.199. The van der Waals surface area contributed by atoms with Gasteiger partial charge in [0.25, 0.3) is 0 Å². The first-order valence-corrected chi connectivity index (χ1v) is 8.80. The van der Waals surface area contributed by atoms with Gasteiger partial charge in [0.2, 0.25) is 5.82 Å². The van der Waals surface area contributed by atoms with Crippen LogP contribution in [0.1, 0.15) is 37.0 Å². The molecule has 2 aromatic heterocycles. The van der Waals surface area contributed by atoms with Crippen LogP contribution in [0.3, 0.4) is 0 Å². The zero-order valence-corrected chi connectivity index (χ0v) is 14.5. The molecule has 0 spiro atoms. The summed E-state index contributed by atoms with van der Waals surface area (Å²) in [7, 11) is 0. The summed E-state index contributed by atoms with van der Waals surface area (Å²) in [6.45, 7) is 5.17. The molecule has 0 atom stereocenters. The number of rotatable bonds is 2. The molecular weight excluding hydrogens is 351 g/mol. The van der Waals surface area contributed by atoms with Gasteiger partial charge < -0.3 is 9.47 Å². The van der Waals surface area contributed by atoms with Crippen LogP contribution in [0.25, 0.3) is 10.2 Å². The lowest BCUT2D eigenvalue weighted by Crippen LogP contribution is -2.35. The highest BCUT2D eigenvalue weighted by atomic mass is 32.1. The summed E-state index contributed by atoms with van der Waals surface area (Å²) in [5.41, 5.74) is 2.15. The van der Waals surface area contributed by atoms with Crippen LogP contribution in [0.2, 0.25) is 0 Å². The molecule has 0 unspecified atom stereocenters. The van der Waals surface area contributed by atoms with Crippen molar-refractivity contribution in [2.45, 2.75) is 39.0 Å². The Morgan fingerprint density at radius 2 is 1.96 bits per heavy atom. The van der Waals surface area contributed by atoms with Crippen molar-refractivity contribution >= 4 is 26.7 Å². The number of alkyl halides is 3. The minimum Gasteiger partial charge on any atom is -0.339 e. The number of anilines is 1. The van der Waals surface area contributed by atoms with Crippen molar-refractivity contribution in [2.24, 2.45) is 0 Å². The van der Waals surface area contributed by atoms with Crippen molar-refractivity contribution in [3.63, 3.8) is 0 Å². The lowest BCUT2D eigenvalue weighted by molar-refractivity contribution is -0.147. The second kappa shape index (κ2) is 5.69. The highest BCUT2D eigenvalue weighted by molar-refractivity contribution is 7.22. The van der Waals surface area contributed by atoms with Crippen LogP contribution in [-0.4, -0.2) is 26.3 Å². The van der Waals surface area contributed by atoms with Crippen LogP contribution in [0.4, 0.5) is 18.3 Å². The largest absolute Gasteiger partial charge is 0.451 e. The molecule has 3 heterocycles. The zero-order valence-electron chi connectivity index (χ0n) is 13.7. The predicted octanol–water partition coefficient (Wildman–Crippen LogP) is 4.05. The Bertz CT molecular complexity index is 928. The fourth-order valence-corrected chi connectivity index (χ4v) is 4.12. The number of aromatic nitrogens is 4. The number of nitrogens with zero attached hydrogens (tertiary/aromatic N) is 5. The first-order chi connectivity index (χ1) is 11.8. The molecule has 1 aliphatic heterocycles. The first kappa shape index (κ1) is 16.3. The Hall–Kier alpha value is -2.16. The van der Waals surface area contributed by atoms with E-state index in [1.165, 1.54) is 5.56 Å². The standard InChI is InChI=1S/C16H16F3N5S/c1-9(2)10-4-3-5-11-13(10)20-15(25-11)23-6-7-24-12(8-23)21-22-14(24)16(17,18)19/h3-5,9H,6-8H2,1-2H3. The van der Waals surface area contributed by atoms with Gasteiger partial charge in [0.1, 0.15) is 0 Å². The van der Waals surface area contributed by atoms with E-state index in [-0.39, 0.29) is 13.1 Å². The third kappa shape index (κ3) is 2.76. The number of thiazole rings is 1. The van der Waals surface area contributed by atoms with E-state index in [2.05, 4.69) is 30.1 Å². The van der Waals surface area contributed by atoms with E-state index in [4.69, 9.17) is 4.98 Å². The molecular formula is C16H16F3N5S. The van der Waals surface area contributed by atoms with E-state index < -0.39 is 12.0 Å². The first-order valence-electron chi connectivity index (χ1n) is 7.98. The molecule has 4 rings (SSSR count). The Balaban J connectivity index is 1.67. The Kier molecular flexibility index (Phi) is 3.71. The van der Waals surface area contributed by atoms with E-state index >= 15 is 0 Å². The molecule has 1 aromatic carbocycles. The highest BCUT2D eigenvalue weighted by Gasteiger charge is 2.39. The van der Waals surface area contributed by atoms with E-state index in [1.807, 2.05) is 17.0 Å². The van der Waals surface area contributed by atoms with Gasteiger partial charge in [-0.15, -0.1) is 10.2 Å². The van der Waals surface area contributed by atoms with Crippen LogP contribution in [0, 0.1) is 0 Å². The second-order valence-electron chi connectivity index (χ2n) is 6.36. The summed E-state index contributed by atoms with van der Waals surface area (Å²) in [6.07, 6.45) is -4.48. The summed E-state index contributed by atoms with van der Waals surface area (Å²) in [5.74, 6) is -0.243. The Morgan fingerprint density at radius 3 is 2.68 bits per heavy atom. The van der Waals surface area contributed by atoms with Crippen LogP contribution >= 0.6 is 11.3 Å². The van der Waals surface area contributed by atoms with Gasteiger partial charge in [0.05, 0.1) is 16.8 Å². The van der Waals surface area contributed by atoms with Crippen molar-refractivity contribution in [1.82, 2.24) is 19.7 Å². The smallest absolute Gasteiger partial charge is 0.339 e. The molecule has 0 amide bonds. The van der Waals surface area contributed by atoms with Gasteiger partial charge in [-0.3, -0.25) is 0 Å². The lowest BCUT2D eigenvalue weighted by atomic mass is 10.0. The number of hydrogen-bond acceptors (Lipinski definition) is 5. The molecule has 0 N–H and O–H groups in total. The third-order valence-electron chi connectivity index (χ3n) is 4.34. The maximum absolute atomic E-state index is 12.9. The van der Waals surface area contributed by atoms with Crippen molar-refractivity contribution in [1.29, 1.82) is 0 Å². The van der Waals surface area contributed by atoms with Gasteiger partial charge in [-0.25, -0.2) is 4.98 Å². The molecule has 0 bridgehead atoms. The summed E-state index contributed by atoms with van der Waals surface area (Å²) in [4.78, 5) is 6.72. The summed E-state index contributed by atoms with van der Waals surface area (Å²) >= 11 is 1.56. The average Bonchev–Trinajstić information content (AvgIpc) is 3.16. The van der Waals surface area contributed by atoms with E-state index in [0.29, 0.717) is 18.3 Å². The van der Waals surface area contributed by atoms with Gasteiger partial charge >= 0.3 is 6.18 Å². The van der Waals surface area contributed by atoms with Crippen LogP contribution < -0.4 is 4.90 Å². The van der Waals surface area contributed by atoms with Crippen LogP contribution in [0.15, 0.2) is 18.2 Å². The van der Waals surface area contributed by atoms with E-state index in [9.17, 15) is 13.2 Å². The molecule has 5 nitrogen and oxygen atoms in total. The van der Waals surface area contributed by atoms with Gasteiger partial charge in [-0.1, -0.05) is 37.3 Å². The van der Waals surface area contributed by atoms with Gasteiger partial charge in [-0.2, -0.15) is 13.2 Å². The highest BCUT2D eigenvalue weighted by Crippen LogP contribution is 2.35. The fraction of sp³-hybridized carbons (Fsp3) is 0.438. The zero-order chi connectivity index (χ0) is 17.8. The fourth-order valence-electron chi connectivity index (χ4n) is 3.09. The maximum Gasteiger partial charge on any atom is 0.451 e. The van der Waals surface area contributed by atoms with Crippen LogP contribution in [0.5, 0.6) is 0 Å². The van der Waals surface area contributed by atoms with Crippen molar-refractivity contribution in [3.8, 4) is 0 Å². The van der Waals surface area contributed by atoms with Crippen molar-refractivity contribution in [2.75, 3.05) is 11.4 Å². The molecule has 0 saturated carbocycles. The molecule has 3 aromatic rings. The molecule has 132 valence electrons. The number of benzene rings is 1. The normalized spacial score (nSPS) is 15.2. The molecule has 0 saturated heterocycles. The second-order valence-corrected chi connectivity index (χ2v) is 7.37. The molecule has 9 heteroatoms. The Labute approximate surface area is 146 Å². The van der Waals surface area contributed by atoms with Crippen molar-refractivity contribution < 1.29 is 13.2 Å². The number of hydrogen-bond donors (Lipinski definition) is 0. The number of halogens is 3. The monoisotopic (exact) mass is 367 g/mol. The average molecular weight is 367 g/mol. The molecule has 0 aliphatic carbocycles. The third-order valence-corrected chi connectivity index (χ3v) is 5.42. The van der Waals surface area contributed by atoms with Crippen LogP contribution in [-0.2, 0) is 19.3 Å². The quantitative estimate of drug-likeness (QED) is 0.686. The summed E-state index contributed by atoms with van der Waals surface area (Å²) in [6, 6.07) is 6.11. The summed E-state index contributed by atoms with van der Waals surface area (Å²) < 4.78 is 41.1. The van der Waals surface area contributed by atoms with Crippen molar-refractivity contribution in [3.05, 3.63) is 35.4 Å². The number of fused-ring (bicyclic) bond motifs is 2. The SMILES string of the molecule is CC(C)c1cccc2sc(N3CCn4c(nnc4C(F)(F)F)C3)nc12. The molecule has 0 radical (unpaired) electrons. The van der Waals surface area contributed by atoms with Gasteiger partial charge in [0.15, 0.2) is 11.0 Å². The van der Waals surface area contributed by atoms with Gasteiger partial charge in [-0.05, 0) is 17.5 Å². The molecule has 0 fully saturated rings.